The van der Waals surface area contributed by atoms with Gasteiger partial charge >= 0.3 is 0 Å². The van der Waals surface area contributed by atoms with Crippen molar-refractivity contribution in [3.63, 3.8) is 0 Å². The minimum Gasteiger partial charge on any atom is -0.322 e. The number of rotatable bonds is 4. The van der Waals surface area contributed by atoms with E-state index in [0.717, 1.165) is 6.26 Å². The zero-order valence-corrected chi connectivity index (χ0v) is 15.1. The second-order valence-corrected chi connectivity index (χ2v) is 8.48. The molecule has 1 amide bonds. The van der Waals surface area contributed by atoms with Gasteiger partial charge in [-0.25, -0.2) is 8.42 Å². The Balaban J connectivity index is 2.07. The number of hydrogen-bond acceptors (Lipinski definition) is 3. The van der Waals surface area contributed by atoms with E-state index in [1.54, 1.807) is 24.3 Å². The zero-order valence-electron chi connectivity index (χ0n) is 14.3. The first-order chi connectivity index (χ1) is 11.0. The lowest BCUT2D eigenvalue weighted by Crippen LogP contribution is -2.14. The van der Waals surface area contributed by atoms with Crippen LogP contribution in [0.25, 0.3) is 0 Å². The zero-order chi connectivity index (χ0) is 18.0. The van der Waals surface area contributed by atoms with Gasteiger partial charge in [0, 0.05) is 16.9 Å². The minimum atomic E-state index is -3.33. The van der Waals surface area contributed by atoms with Gasteiger partial charge in [0.2, 0.25) is 10.0 Å². The molecule has 6 heteroatoms. The number of nitrogens with one attached hydrogen (secondary N) is 2. The molecule has 0 unspecified atom stereocenters. The van der Waals surface area contributed by atoms with Crippen molar-refractivity contribution in [2.45, 2.75) is 26.2 Å². The fourth-order valence-corrected chi connectivity index (χ4v) is 2.72. The van der Waals surface area contributed by atoms with Crippen LogP contribution in [0.15, 0.2) is 48.5 Å². The van der Waals surface area contributed by atoms with E-state index in [2.05, 4.69) is 30.8 Å². The maximum absolute atomic E-state index is 12.2. The van der Waals surface area contributed by atoms with Crippen molar-refractivity contribution < 1.29 is 13.2 Å². The highest BCUT2D eigenvalue weighted by molar-refractivity contribution is 7.92. The first-order valence-electron chi connectivity index (χ1n) is 7.54. The largest absolute Gasteiger partial charge is 0.322 e. The summed E-state index contributed by atoms with van der Waals surface area (Å²) in [7, 11) is -3.33. The lowest BCUT2D eigenvalue weighted by atomic mass is 9.87. The van der Waals surface area contributed by atoms with Gasteiger partial charge in [-0.05, 0) is 47.4 Å². The minimum absolute atomic E-state index is 0.0605. The topological polar surface area (TPSA) is 75.3 Å². The van der Waals surface area contributed by atoms with Crippen LogP contribution < -0.4 is 10.0 Å². The Morgan fingerprint density at radius 1 is 0.875 bits per heavy atom. The number of carbonyl (C=O) groups is 1. The second kappa shape index (κ2) is 6.65. The Bertz CT molecular complexity index is 818. The average molecular weight is 346 g/mol. The summed E-state index contributed by atoms with van der Waals surface area (Å²) in [6.45, 7) is 6.39. The summed E-state index contributed by atoms with van der Waals surface area (Å²) in [4.78, 5) is 12.2. The Morgan fingerprint density at radius 2 is 1.38 bits per heavy atom. The third-order valence-corrected chi connectivity index (χ3v) is 4.07. The molecule has 0 aliphatic carbocycles. The molecule has 2 rings (SSSR count). The van der Waals surface area contributed by atoms with E-state index in [-0.39, 0.29) is 11.3 Å². The number of carbonyl (C=O) groups excluding carboxylic acids is 1. The Labute approximate surface area is 143 Å². The Hall–Kier alpha value is -2.34. The fraction of sp³-hybridized carbons (Fsp3) is 0.278. The average Bonchev–Trinajstić information content (AvgIpc) is 2.46. The predicted molar refractivity (Wildman–Crippen MR) is 98.0 cm³/mol. The van der Waals surface area contributed by atoms with Gasteiger partial charge in [-0.3, -0.25) is 9.52 Å². The van der Waals surface area contributed by atoms with E-state index in [4.69, 9.17) is 0 Å². The molecule has 0 fully saturated rings. The molecule has 0 bridgehead atoms. The van der Waals surface area contributed by atoms with Crippen molar-refractivity contribution in [1.29, 1.82) is 0 Å². The van der Waals surface area contributed by atoms with Gasteiger partial charge in [-0.1, -0.05) is 32.9 Å². The van der Waals surface area contributed by atoms with Crippen LogP contribution >= 0.6 is 0 Å². The van der Waals surface area contributed by atoms with E-state index in [0.29, 0.717) is 16.9 Å². The molecule has 0 saturated heterocycles. The normalized spacial score (nSPS) is 11.8. The summed E-state index contributed by atoms with van der Waals surface area (Å²) in [5, 5.41) is 2.83. The predicted octanol–water partition coefficient (Wildman–Crippen LogP) is 3.61. The van der Waals surface area contributed by atoms with Crippen LogP contribution in [0.5, 0.6) is 0 Å². The van der Waals surface area contributed by atoms with Gasteiger partial charge < -0.3 is 5.32 Å². The van der Waals surface area contributed by atoms with E-state index in [1.165, 1.54) is 5.56 Å². The molecule has 0 spiro atoms. The molecule has 5 nitrogen and oxygen atoms in total. The quantitative estimate of drug-likeness (QED) is 0.888. The lowest BCUT2D eigenvalue weighted by Gasteiger charge is -2.19. The van der Waals surface area contributed by atoms with Crippen LogP contribution in [-0.4, -0.2) is 20.6 Å². The molecule has 0 atom stereocenters. The summed E-state index contributed by atoms with van der Waals surface area (Å²) in [5.41, 5.74) is 2.84. The number of sulfonamides is 1. The van der Waals surface area contributed by atoms with Crippen molar-refractivity contribution in [3.05, 3.63) is 59.7 Å². The van der Waals surface area contributed by atoms with Crippen LogP contribution in [0.1, 0.15) is 36.7 Å². The molecule has 0 aromatic heterocycles. The van der Waals surface area contributed by atoms with Gasteiger partial charge in [-0.15, -0.1) is 0 Å². The molecule has 128 valence electrons. The lowest BCUT2D eigenvalue weighted by molar-refractivity contribution is 0.102. The first-order valence-corrected chi connectivity index (χ1v) is 9.43. The van der Waals surface area contributed by atoms with Gasteiger partial charge in [0.1, 0.15) is 0 Å². The van der Waals surface area contributed by atoms with Crippen molar-refractivity contribution in [3.8, 4) is 0 Å². The van der Waals surface area contributed by atoms with E-state index in [1.807, 2.05) is 24.3 Å². The van der Waals surface area contributed by atoms with Crippen molar-refractivity contribution in [2.75, 3.05) is 16.3 Å². The number of benzene rings is 2. The molecular weight excluding hydrogens is 324 g/mol. The highest BCUT2D eigenvalue weighted by Gasteiger charge is 2.13. The van der Waals surface area contributed by atoms with Crippen molar-refractivity contribution in [1.82, 2.24) is 0 Å². The first kappa shape index (κ1) is 18.0. The van der Waals surface area contributed by atoms with E-state index >= 15 is 0 Å². The summed E-state index contributed by atoms with van der Waals surface area (Å²) in [5.74, 6) is -0.246. The van der Waals surface area contributed by atoms with Crippen LogP contribution in [0.2, 0.25) is 0 Å². The number of hydrogen-bond donors (Lipinski definition) is 2. The third-order valence-electron chi connectivity index (χ3n) is 3.46. The molecule has 2 aromatic rings. The number of amides is 1. The molecule has 0 heterocycles. The Morgan fingerprint density at radius 3 is 1.83 bits per heavy atom. The van der Waals surface area contributed by atoms with Gasteiger partial charge in [0.25, 0.3) is 5.91 Å². The van der Waals surface area contributed by atoms with Crippen LogP contribution in [0, 0.1) is 0 Å². The van der Waals surface area contributed by atoms with Crippen LogP contribution in [0.4, 0.5) is 11.4 Å². The third kappa shape index (κ3) is 5.09. The van der Waals surface area contributed by atoms with Gasteiger partial charge in [0.05, 0.1) is 6.26 Å². The summed E-state index contributed by atoms with van der Waals surface area (Å²) >= 11 is 0. The smallest absolute Gasteiger partial charge is 0.255 e. The number of anilines is 2. The fourth-order valence-electron chi connectivity index (χ4n) is 2.16. The summed E-state index contributed by atoms with van der Waals surface area (Å²) in [6.07, 6.45) is 1.08. The standard InChI is InChI=1S/C18H22N2O3S/c1-18(2,3)14-7-11-15(12-8-14)19-17(21)13-5-9-16(10-6-13)20-24(4,22)23/h5-12,20H,1-4H3,(H,19,21). The molecular formula is C18H22N2O3S. The Kier molecular flexibility index (Phi) is 4.99. The molecule has 24 heavy (non-hydrogen) atoms. The molecule has 0 radical (unpaired) electrons. The van der Waals surface area contributed by atoms with Gasteiger partial charge in [-0.2, -0.15) is 0 Å². The van der Waals surface area contributed by atoms with E-state index in [9.17, 15) is 13.2 Å². The van der Waals surface area contributed by atoms with Crippen molar-refractivity contribution in [2.24, 2.45) is 0 Å². The molecule has 2 N–H and O–H groups in total. The molecule has 0 saturated carbocycles. The molecule has 0 aliphatic heterocycles. The second-order valence-electron chi connectivity index (χ2n) is 6.73. The van der Waals surface area contributed by atoms with Crippen molar-refractivity contribution >= 4 is 27.3 Å². The summed E-state index contributed by atoms with van der Waals surface area (Å²) in [6, 6.07) is 14.0. The monoisotopic (exact) mass is 346 g/mol. The summed E-state index contributed by atoms with van der Waals surface area (Å²) < 4.78 is 24.7. The maximum atomic E-state index is 12.2. The molecule has 2 aromatic carbocycles. The SMILES string of the molecule is CC(C)(C)c1ccc(NC(=O)c2ccc(NS(C)(=O)=O)cc2)cc1. The maximum Gasteiger partial charge on any atom is 0.255 e. The highest BCUT2D eigenvalue weighted by Crippen LogP contribution is 2.23. The van der Waals surface area contributed by atoms with Gasteiger partial charge in [0.15, 0.2) is 0 Å². The molecule has 0 aliphatic rings. The van der Waals surface area contributed by atoms with Crippen LogP contribution in [0.3, 0.4) is 0 Å². The van der Waals surface area contributed by atoms with Crippen LogP contribution in [-0.2, 0) is 15.4 Å². The highest BCUT2D eigenvalue weighted by atomic mass is 32.2. The van der Waals surface area contributed by atoms with E-state index < -0.39 is 10.0 Å².